The number of fused-ring (bicyclic) bond motifs is 1. The van der Waals surface area contributed by atoms with E-state index in [0.29, 0.717) is 36.7 Å². The van der Waals surface area contributed by atoms with E-state index in [2.05, 4.69) is 29.0 Å². The SMILES string of the molecule is CCOC(=O)N1CCN(C(=O)C(CCC(=O)O)NC(=O)c2cc(OC3(C(=O)O)CCC3)c3ccc(CN(CC)CC)cc3n2)CC1. The van der Waals surface area contributed by atoms with Crippen molar-refractivity contribution in [2.24, 2.45) is 0 Å². The van der Waals surface area contributed by atoms with Gasteiger partial charge in [-0.3, -0.25) is 19.3 Å². The van der Waals surface area contributed by atoms with Crippen LogP contribution in [0.2, 0.25) is 0 Å². The molecule has 1 saturated carbocycles. The Bertz CT molecular complexity index is 1450. The van der Waals surface area contributed by atoms with E-state index in [1.165, 1.54) is 15.9 Å². The number of aliphatic carboxylic acids is 2. The average molecular weight is 642 g/mol. The topological polar surface area (TPSA) is 179 Å². The molecule has 1 aliphatic carbocycles. The summed E-state index contributed by atoms with van der Waals surface area (Å²) in [4.78, 5) is 72.7. The predicted molar refractivity (Wildman–Crippen MR) is 167 cm³/mol. The monoisotopic (exact) mass is 641 g/mol. The number of hydrogen-bond acceptors (Lipinski definition) is 9. The van der Waals surface area contributed by atoms with Crippen LogP contribution in [0.3, 0.4) is 0 Å². The van der Waals surface area contributed by atoms with Crippen LogP contribution in [0.5, 0.6) is 5.75 Å². The van der Waals surface area contributed by atoms with E-state index in [9.17, 15) is 34.2 Å². The van der Waals surface area contributed by atoms with Gasteiger partial charge < -0.3 is 34.8 Å². The minimum atomic E-state index is -1.41. The summed E-state index contributed by atoms with van der Waals surface area (Å²) in [6.07, 6.45) is 0.335. The standard InChI is InChI=1S/C32H43N5O9/c1-4-35(5-2)20-21-8-9-22-24(18-21)33-25(19-26(22)46-32(30(42)43)12-7-13-32)28(40)34-23(10-11-27(38)39)29(41)36-14-16-37(17-15-36)31(44)45-6-3/h8-9,18-19,23H,4-7,10-17,20H2,1-3H3,(H,34,40)(H,38,39)(H,42,43). The predicted octanol–water partition coefficient (Wildman–Crippen LogP) is 2.73. The molecule has 1 atom stereocenters. The molecular formula is C32H43N5O9. The number of benzene rings is 1. The van der Waals surface area contributed by atoms with E-state index in [4.69, 9.17) is 9.47 Å². The van der Waals surface area contributed by atoms with Crippen LogP contribution >= 0.6 is 0 Å². The molecule has 14 heteroatoms. The van der Waals surface area contributed by atoms with E-state index in [0.717, 1.165) is 18.7 Å². The van der Waals surface area contributed by atoms with Crippen LogP contribution in [-0.2, 0) is 25.7 Å². The van der Waals surface area contributed by atoms with Crippen LogP contribution in [0.25, 0.3) is 10.9 Å². The molecule has 14 nitrogen and oxygen atoms in total. The summed E-state index contributed by atoms with van der Waals surface area (Å²) in [6.45, 7) is 9.22. The Labute approximate surface area is 267 Å². The molecule has 3 amide bonds. The molecule has 1 aromatic carbocycles. The van der Waals surface area contributed by atoms with Crippen molar-refractivity contribution >= 4 is 40.7 Å². The summed E-state index contributed by atoms with van der Waals surface area (Å²) >= 11 is 0. The van der Waals surface area contributed by atoms with E-state index < -0.39 is 41.5 Å². The van der Waals surface area contributed by atoms with Gasteiger partial charge in [0.15, 0.2) is 0 Å². The van der Waals surface area contributed by atoms with Gasteiger partial charge in [-0.25, -0.2) is 14.6 Å². The highest BCUT2D eigenvalue weighted by molar-refractivity contribution is 5.99. The summed E-state index contributed by atoms with van der Waals surface area (Å²) < 4.78 is 11.1. The van der Waals surface area contributed by atoms with Gasteiger partial charge in [-0.1, -0.05) is 19.9 Å². The highest BCUT2D eigenvalue weighted by atomic mass is 16.6. The molecule has 0 radical (unpaired) electrons. The van der Waals surface area contributed by atoms with E-state index in [-0.39, 0.29) is 57.1 Å². The molecule has 2 aromatic rings. The number of rotatable bonds is 14. The van der Waals surface area contributed by atoms with Crippen molar-refractivity contribution in [3.8, 4) is 5.75 Å². The second-order valence-electron chi connectivity index (χ2n) is 11.5. The van der Waals surface area contributed by atoms with E-state index in [1.54, 1.807) is 6.92 Å². The van der Waals surface area contributed by atoms with Gasteiger partial charge in [0.1, 0.15) is 17.5 Å². The van der Waals surface area contributed by atoms with Crippen molar-refractivity contribution < 1.29 is 43.7 Å². The molecule has 46 heavy (non-hydrogen) atoms. The van der Waals surface area contributed by atoms with Gasteiger partial charge in [-0.15, -0.1) is 0 Å². The number of piperazine rings is 1. The van der Waals surface area contributed by atoms with Gasteiger partial charge in [0.2, 0.25) is 11.5 Å². The molecule has 2 fully saturated rings. The third kappa shape index (κ3) is 8.03. The number of amides is 3. The Morgan fingerprint density at radius 2 is 1.67 bits per heavy atom. The van der Waals surface area contributed by atoms with Gasteiger partial charge in [0, 0.05) is 50.6 Å². The fourth-order valence-corrected chi connectivity index (χ4v) is 5.62. The zero-order chi connectivity index (χ0) is 33.4. The van der Waals surface area contributed by atoms with Gasteiger partial charge in [0.05, 0.1) is 12.1 Å². The van der Waals surface area contributed by atoms with Crippen LogP contribution < -0.4 is 10.1 Å². The molecule has 2 heterocycles. The molecule has 2 aliphatic rings. The van der Waals surface area contributed by atoms with Gasteiger partial charge in [-0.2, -0.15) is 0 Å². The van der Waals surface area contributed by atoms with Gasteiger partial charge in [-0.05, 0) is 63.4 Å². The quantitative estimate of drug-likeness (QED) is 0.276. The lowest BCUT2D eigenvalue weighted by molar-refractivity contribution is -0.163. The van der Waals surface area contributed by atoms with E-state index >= 15 is 0 Å². The first-order valence-electron chi connectivity index (χ1n) is 15.8. The lowest BCUT2D eigenvalue weighted by Crippen LogP contribution is -2.56. The Morgan fingerprint density at radius 3 is 2.24 bits per heavy atom. The zero-order valence-electron chi connectivity index (χ0n) is 26.6. The van der Waals surface area contributed by atoms with Crippen molar-refractivity contribution in [2.75, 3.05) is 45.9 Å². The maximum absolute atomic E-state index is 13.7. The molecule has 0 bridgehead atoms. The lowest BCUT2D eigenvalue weighted by Gasteiger charge is -2.38. The number of nitrogens with one attached hydrogen (secondary N) is 1. The molecule has 1 aliphatic heterocycles. The third-order valence-electron chi connectivity index (χ3n) is 8.59. The number of nitrogens with zero attached hydrogens (tertiary/aromatic N) is 4. The highest BCUT2D eigenvalue weighted by Crippen LogP contribution is 2.39. The summed E-state index contributed by atoms with van der Waals surface area (Å²) in [6, 6.07) is 5.77. The maximum atomic E-state index is 13.7. The van der Waals surface area contributed by atoms with Crippen molar-refractivity contribution in [3.63, 3.8) is 0 Å². The number of hydrogen-bond donors (Lipinski definition) is 3. The minimum Gasteiger partial charge on any atom is -0.481 e. The first kappa shape index (κ1) is 34.4. The Kier molecular flexibility index (Phi) is 11.4. The first-order valence-corrected chi connectivity index (χ1v) is 15.8. The third-order valence-corrected chi connectivity index (χ3v) is 8.59. The number of ether oxygens (including phenoxy) is 2. The normalized spacial score (nSPS) is 16.4. The second-order valence-corrected chi connectivity index (χ2v) is 11.5. The maximum Gasteiger partial charge on any atom is 0.409 e. The molecule has 0 spiro atoms. The van der Waals surface area contributed by atoms with Crippen molar-refractivity contribution in [1.29, 1.82) is 0 Å². The van der Waals surface area contributed by atoms with Crippen molar-refractivity contribution in [1.82, 2.24) is 25.0 Å². The molecule has 1 unspecified atom stereocenters. The fraction of sp³-hybridized carbons (Fsp3) is 0.562. The summed E-state index contributed by atoms with van der Waals surface area (Å²) in [7, 11) is 0. The molecular weight excluding hydrogens is 598 g/mol. The smallest absolute Gasteiger partial charge is 0.409 e. The Hall–Kier alpha value is -4.46. The summed E-state index contributed by atoms with van der Waals surface area (Å²) in [5.41, 5.74) is -0.133. The molecule has 4 rings (SSSR count). The van der Waals surface area contributed by atoms with Crippen LogP contribution in [0.4, 0.5) is 4.79 Å². The summed E-state index contributed by atoms with van der Waals surface area (Å²) in [5, 5.41) is 22.5. The van der Waals surface area contributed by atoms with Crippen molar-refractivity contribution in [3.05, 3.63) is 35.5 Å². The molecule has 3 N–H and O–H groups in total. The number of carboxylic acid groups (broad SMARTS) is 2. The van der Waals surface area contributed by atoms with Gasteiger partial charge in [0.25, 0.3) is 5.91 Å². The molecule has 1 aromatic heterocycles. The zero-order valence-corrected chi connectivity index (χ0v) is 26.6. The van der Waals surface area contributed by atoms with Gasteiger partial charge >= 0.3 is 18.0 Å². The average Bonchev–Trinajstić information content (AvgIpc) is 3.02. The lowest BCUT2D eigenvalue weighted by atomic mass is 9.80. The summed E-state index contributed by atoms with van der Waals surface area (Å²) in [5.74, 6) is -3.23. The van der Waals surface area contributed by atoms with E-state index in [1.807, 2.05) is 18.2 Å². The molecule has 250 valence electrons. The van der Waals surface area contributed by atoms with Crippen LogP contribution in [0.15, 0.2) is 24.3 Å². The largest absolute Gasteiger partial charge is 0.481 e. The number of carbonyl (C=O) groups is 5. The minimum absolute atomic E-state index is 0.0948. The molecule has 1 saturated heterocycles. The fourth-order valence-electron chi connectivity index (χ4n) is 5.62. The number of aromatic nitrogens is 1. The van der Waals surface area contributed by atoms with Crippen LogP contribution in [0.1, 0.15) is 68.9 Å². The number of carboxylic acids is 2. The Morgan fingerprint density at radius 1 is 1.00 bits per heavy atom. The van der Waals surface area contributed by atoms with Crippen molar-refractivity contribution in [2.45, 2.75) is 71.1 Å². The number of pyridine rings is 1. The Balaban J connectivity index is 1.62. The van der Waals surface area contributed by atoms with Crippen LogP contribution in [-0.4, -0.2) is 117 Å². The second kappa shape index (κ2) is 15.2. The number of carbonyl (C=O) groups excluding carboxylic acids is 3. The van der Waals surface area contributed by atoms with Crippen LogP contribution in [0, 0.1) is 0 Å². The first-order chi connectivity index (χ1) is 22.0. The highest BCUT2D eigenvalue weighted by Gasteiger charge is 2.47.